The minimum Gasteiger partial charge on any atom is -0.362 e. The van der Waals surface area contributed by atoms with Crippen LogP contribution in [0.1, 0.15) is 0 Å². The summed E-state index contributed by atoms with van der Waals surface area (Å²) < 4.78 is 0. The van der Waals surface area contributed by atoms with Crippen molar-refractivity contribution in [3.05, 3.63) is 28.2 Å². The molecule has 1 aromatic carbocycles. The minimum atomic E-state index is 0.514. The van der Waals surface area contributed by atoms with Crippen molar-refractivity contribution >= 4 is 28.9 Å². The molecule has 1 nitrogen and oxygen atoms in total. The fraction of sp³-hybridized carbons (Fsp3) is 0.200. The highest BCUT2D eigenvalue weighted by Crippen LogP contribution is 2.27. The number of benzene rings is 1. The lowest BCUT2D eigenvalue weighted by Gasteiger charge is -2.17. The molecule has 68 valence electrons. The van der Waals surface area contributed by atoms with Gasteiger partial charge in [-0.2, -0.15) is 0 Å². The van der Waals surface area contributed by atoms with Crippen LogP contribution in [-0.2, 0) is 0 Å². The largest absolute Gasteiger partial charge is 0.362 e. The summed E-state index contributed by atoms with van der Waals surface area (Å²) in [5.74, 6) is 2.54. The predicted molar refractivity (Wildman–Crippen MR) is 58.6 cm³/mol. The van der Waals surface area contributed by atoms with Crippen LogP contribution in [0.15, 0.2) is 18.2 Å². The van der Waals surface area contributed by atoms with Gasteiger partial charge in [-0.3, -0.25) is 0 Å². The molecule has 0 saturated carbocycles. The van der Waals surface area contributed by atoms with Gasteiger partial charge in [-0.05, 0) is 18.2 Å². The molecule has 3 heteroatoms. The zero-order chi connectivity index (χ0) is 9.84. The summed E-state index contributed by atoms with van der Waals surface area (Å²) in [6, 6.07) is 5.30. The quantitative estimate of drug-likeness (QED) is 0.684. The van der Waals surface area contributed by atoms with E-state index in [-0.39, 0.29) is 0 Å². The van der Waals surface area contributed by atoms with Crippen molar-refractivity contribution in [3.63, 3.8) is 0 Å². The van der Waals surface area contributed by atoms with E-state index in [2.05, 4.69) is 5.92 Å². The Morgan fingerprint density at radius 2 is 2.15 bits per heavy atom. The predicted octanol–water partition coefficient (Wildman–Crippen LogP) is 3.06. The van der Waals surface area contributed by atoms with Crippen LogP contribution in [0.4, 0.5) is 5.69 Å². The SMILES string of the molecule is C#CCN(C)c1cc(Cl)ccc1Cl. The fourth-order valence-corrected chi connectivity index (χ4v) is 1.43. The molecule has 0 aliphatic rings. The fourth-order valence-electron chi connectivity index (χ4n) is 1.00. The molecule has 0 spiro atoms. The third-order valence-electron chi connectivity index (χ3n) is 1.65. The standard InChI is InChI=1S/C10H9Cl2N/c1-3-6-13(2)10-7-8(11)4-5-9(10)12/h1,4-5,7H,6H2,2H3. The highest BCUT2D eigenvalue weighted by atomic mass is 35.5. The van der Waals surface area contributed by atoms with Crippen LogP contribution in [-0.4, -0.2) is 13.6 Å². The van der Waals surface area contributed by atoms with Crippen LogP contribution in [0.5, 0.6) is 0 Å². The van der Waals surface area contributed by atoms with E-state index in [9.17, 15) is 0 Å². The maximum Gasteiger partial charge on any atom is 0.0789 e. The number of terminal acetylenes is 1. The van der Waals surface area contributed by atoms with Gasteiger partial charge in [0, 0.05) is 12.1 Å². The maximum atomic E-state index is 5.96. The molecule has 0 radical (unpaired) electrons. The lowest BCUT2D eigenvalue weighted by Crippen LogP contribution is -2.17. The van der Waals surface area contributed by atoms with Crippen molar-refractivity contribution in [2.75, 3.05) is 18.5 Å². The van der Waals surface area contributed by atoms with Gasteiger partial charge in [0.25, 0.3) is 0 Å². The van der Waals surface area contributed by atoms with Gasteiger partial charge < -0.3 is 4.90 Å². The van der Waals surface area contributed by atoms with Gasteiger partial charge in [-0.15, -0.1) is 6.42 Å². The summed E-state index contributed by atoms with van der Waals surface area (Å²) >= 11 is 11.8. The molecule has 0 amide bonds. The molecule has 13 heavy (non-hydrogen) atoms. The molecule has 1 aromatic rings. The van der Waals surface area contributed by atoms with E-state index in [1.165, 1.54) is 0 Å². The normalized spacial score (nSPS) is 9.38. The number of hydrogen-bond donors (Lipinski definition) is 0. The lowest BCUT2D eigenvalue weighted by atomic mass is 10.3. The van der Waals surface area contributed by atoms with Crippen molar-refractivity contribution in [1.29, 1.82) is 0 Å². The second-order valence-electron chi connectivity index (χ2n) is 2.66. The van der Waals surface area contributed by atoms with Crippen LogP contribution in [0.2, 0.25) is 10.0 Å². The average Bonchev–Trinajstić information content (AvgIpc) is 2.09. The van der Waals surface area contributed by atoms with Crippen LogP contribution < -0.4 is 4.90 Å². The smallest absolute Gasteiger partial charge is 0.0789 e. The summed E-state index contributed by atoms with van der Waals surface area (Å²) in [5.41, 5.74) is 0.854. The second-order valence-corrected chi connectivity index (χ2v) is 3.50. The van der Waals surface area contributed by atoms with Crippen LogP contribution >= 0.6 is 23.2 Å². The van der Waals surface area contributed by atoms with Gasteiger partial charge >= 0.3 is 0 Å². The molecule has 0 fully saturated rings. The molecular weight excluding hydrogens is 205 g/mol. The Kier molecular flexibility index (Phi) is 3.48. The number of hydrogen-bond acceptors (Lipinski definition) is 1. The first-order valence-corrected chi connectivity index (χ1v) is 4.50. The lowest BCUT2D eigenvalue weighted by molar-refractivity contribution is 1.05. The van der Waals surface area contributed by atoms with Crippen molar-refractivity contribution in [2.24, 2.45) is 0 Å². The Morgan fingerprint density at radius 1 is 1.46 bits per heavy atom. The summed E-state index contributed by atoms with van der Waals surface area (Å²) in [4.78, 5) is 1.87. The molecular formula is C10H9Cl2N. The topological polar surface area (TPSA) is 3.24 Å². The van der Waals surface area contributed by atoms with Crippen molar-refractivity contribution < 1.29 is 0 Å². The Labute approximate surface area is 88.3 Å². The molecule has 0 N–H and O–H groups in total. The Morgan fingerprint density at radius 3 is 2.77 bits per heavy atom. The summed E-state index contributed by atoms with van der Waals surface area (Å²) in [6.45, 7) is 0.514. The summed E-state index contributed by atoms with van der Waals surface area (Å²) in [6.07, 6.45) is 5.19. The summed E-state index contributed by atoms with van der Waals surface area (Å²) in [5, 5.41) is 1.31. The van der Waals surface area contributed by atoms with Gasteiger partial charge in [0.1, 0.15) is 0 Å². The van der Waals surface area contributed by atoms with E-state index < -0.39 is 0 Å². The number of anilines is 1. The minimum absolute atomic E-state index is 0.514. The van der Waals surface area contributed by atoms with E-state index in [0.29, 0.717) is 16.6 Å². The third kappa shape index (κ3) is 2.55. The second kappa shape index (κ2) is 4.41. The molecule has 0 aromatic heterocycles. The molecule has 0 saturated heterocycles. The first-order valence-electron chi connectivity index (χ1n) is 3.75. The number of rotatable bonds is 2. The number of nitrogens with zero attached hydrogens (tertiary/aromatic N) is 1. The molecule has 1 rings (SSSR count). The highest BCUT2D eigenvalue weighted by molar-refractivity contribution is 6.35. The Hall–Kier alpha value is -0.840. The molecule has 0 unspecified atom stereocenters. The van der Waals surface area contributed by atoms with E-state index in [4.69, 9.17) is 29.6 Å². The van der Waals surface area contributed by atoms with Gasteiger partial charge in [-0.1, -0.05) is 29.1 Å². The van der Waals surface area contributed by atoms with Crippen molar-refractivity contribution in [1.82, 2.24) is 0 Å². The molecule has 0 atom stereocenters. The summed E-state index contributed by atoms with van der Waals surface area (Å²) in [7, 11) is 1.87. The molecule has 0 bridgehead atoms. The van der Waals surface area contributed by atoms with Gasteiger partial charge in [0.15, 0.2) is 0 Å². The van der Waals surface area contributed by atoms with Gasteiger partial charge in [0.05, 0.1) is 17.3 Å². The van der Waals surface area contributed by atoms with Gasteiger partial charge in [-0.25, -0.2) is 0 Å². The third-order valence-corrected chi connectivity index (χ3v) is 2.20. The van der Waals surface area contributed by atoms with Crippen LogP contribution in [0.3, 0.4) is 0 Å². The van der Waals surface area contributed by atoms with Crippen molar-refractivity contribution in [3.8, 4) is 12.3 Å². The zero-order valence-corrected chi connectivity index (χ0v) is 8.73. The van der Waals surface area contributed by atoms with Gasteiger partial charge in [0.2, 0.25) is 0 Å². The number of halogens is 2. The van der Waals surface area contributed by atoms with E-state index in [1.54, 1.807) is 18.2 Å². The zero-order valence-electron chi connectivity index (χ0n) is 7.22. The van der Waals surface area contributed by atoms with E-state index in [0.717, 1.165) is 5.69 Å². The molecule has 0 heterocycles. The van der Waals surface area contributed by atoms with E-state index in [1.807, 2.05) is 11.9 Å². The first-order chi connectivity index (χ1) is 6.15. The van der Waals surface area contributed by atoms with Crippen molar-refractivity contribution in [2.45, 2.75) is 0 Å². The molecule has 0 aliphatic heterocycles. The highest BCUT2D eigenvalue weighted by Gasteiger charge is 2.04. The Balaban J connectivity index is 3.00. The van der Waals surface area contributed by atoms with Crippen LogP contribution in [0.25, 0.3) is 0 Å². The van der Waals surface area contributed by atoms with E-state index >= 15 is 0 Å². The van der Waals surface area contributed by atoms with Crippen LogP contribution in [0, 0.1) is 12.3 Å². The first kappa shape index (κ1) is 10.2. The average molecular weight is 214 g/mol. The Bertz CT molecular complexity index is 341. The molecule has 0 aliphatic carbocycles. The monoisotopic (exact) mass is 213 g/mol. The maximum absolute atomic E-state index is 5.96.